The molecule has 1 atom stereocenters. The van der Waals surface area contributed by atoms with Crippen LogP contribution in [0.15, 0.2) is 48.5 Å². The molecule has 2 rings (SSSR count). The molecule has 0 unspecified atom stereocenters. The summed E-state index contributed by atoms with van der Waals surface area (Å²) < 4.78 is 10.9. The average molecular weight is 299 g/mol. The van der Waals surface area contributed by atoms with Crippen LogP contribution in [0.3, 0.4) is 0 Å². The normalized spacial score (nSPS) is 11.6. The van der Waals surface area contributed by atoms with Crippen LogP contribution in [0.1, 0.15) is 18.1 Å². The largest absolute Gasteiger partial charge is 0.496 e. The summed E-state index contributed by atoms with van der Waals surface area (Å²) in [5.41, 5.74) is 2.08. The number of carbonyl (C=O) groups is 1. The number of hydrogen-bond donors (Lipinski definition) is 1. The molecule has 4 nitrogen and oxygen atoms in total. The Hall–Kier alpha value is -2.49. The standard InChI is InChI=1S/C18H21NO3/c1-13-8-10-16(11-9-13)22-14(2)18(20)19-12-15-6-4-5-7-17(15)21-3/h4-11,14H,12H2,1-3H3,(H,19,20)/t14-/m1/s1. The molecule has 0 aliphatic rings. The van der Waals surface area contributed by atoms with E-state index in [2.05, 4.69) is 5.32 Å². The van der Waals surface area contributed by atoms with E-state index in [-0.39, 0.29) is 5.91 Å². The Morgan fingerprint density at radius 3 is 2.50 bits per heavy atom. The quantitative estimate of drug-likeness (QED) is 0.891. The van der Waals surface area contributed by atoms with Gasteiger partial charge in [-0.1, -0.05) is 35.9 Å². The predicted molar refractivity (Wildman–Crippen MR) is 86.1 cm³/mol. The zero-order valence-electron chi connectivity index (χ0n) is 13.1. The SMILES string of the molecule is COc1ccccc1CNC(=O)[C@@H](C)Oc1ccc(C)cc1. The Kier molecular flexibility index (Phi) is 5.42. The van der Waals surface area contributed by atoms with E-state index in [4.69, 9.17) is 9.47 Å². The minimum Gasteiger partial charge on any atom is -0.496 e. The van der Waals surface area contributed by atoms with Crippen LogP contribution in [0.25, 0.3) is 0 Å². The van der Waals surface area contributed by atoms with Crippen molar-refractivity contribution in [1.82, 2.24) is 5.32 Å². The monoisotopic (exact) mass is 299 g/mol. The number of carbonyl (C=O) groups excluding carboxylic acids is 1. The predicted octanol–water partition coefficient (Wildman–Crippen LogP) is 3.09. The molecule has 0 aliphatic heterocycles. The number of amides is 1. The van der Waals surface area contributed by atoms with Gasteiger partial charge in [0.1, 0.15) is 11.5 Å². The molecule has 2 aromatic rings. The van der Waals surface area contributed by atoms with Gasteiger partial charge in [0.25, 0.3) is 5.91 Å². The number of methoxy groups -OCH3 is 1. The van der Waals surface area contributed by atoms with Crippen LogP contribution >= 0.6 is 0 Å². The molecule has 0 saturated carbocycles. The highest BCUT2D eigenvalue weighted by molar-refractivity contribution is 5.80. The lowest BCUT2D eigenvalue weighted by molar-refractivity contribution is -0.127. The second kappa shape index (κ2) is 7.50. The fourth-order valence-electron chi connectivity index (χ4n) is 2.05. The summed E-state index contributed by atoms with van der Waals surface area (Å²) >= 11 is 0. The van der Waals surface area contributed by atoms with Crippen molar-refractivity contribution in [2.75, 3.05) is 7.11 Å². The number of aryl methyl sites for hydroxylation is 1. The average Bonchev–Trinajstić information content (AvgIpc) is 2.54. The van der Waals surface area contributed by atoms with Crippen molar-refractivity contribution >= 4 is 5.91 Å². The molecule has 0 fully saturated rings. The van der Waals surface area contributed by atoms with Gasteiger partial charge in [-0.15, -0.1) is 0 Å². The van der Waals surface area contributed by atoms with Gasteiger partial charge in [0.05, 0.1) is 7.11 Å². The molecule has 2 aromatic carbocycles. The Balaban J connectivity index is 1.90. The van der Waals surface area contributed by atoms with E-state index in [1.807, 2.05) is 55.5 Å². The van der Waals surface area contributed by atoms with Crippen molar-refractivity contribution in [2.45, 2.75) is 26.5 Å². The molecule has 0 saturated heterocycles. The first kappa shape index (κ1) is 15.9. The van der Waals surface area contributed by atoms with Crippen LogP contribution in [0, 0.1) is 6.92 Å². The van der Waals surface area contributed by atoms with Crippen LogP contribution in [0.4, 0.5) is 0 Å². The van der Waals surface area contributed by atoms with Gasteiger partial charge in [-0.05, 0) is 32.0 Å². The van der Waals surface area contributed by atoms with Gasteiger partial charge in [0.2, 0.25) is 0 Å². The maximum absolute atomic E-state index is 12.1. The molecule has 0 bridgehead atoms. The maximum atomic E-state index is 12.1. The van der Waals surface area contributed by atoms with Crippen molar-refractivity contribution in [3.8, 4) is 11.5 Å². The van der Waals surface area contributed by atoms with Crippen molar-refractivity contribution in [2.24, 2.45) is 0 Å². The number of nitrogens with one attached hydrogen (secondary N) is 1. The Morgan fingerprint density at radius 2 is 1.82 bits per heavy atom. The molecule has 0 heterocycles. The highest BCUT2D eigenvalue weighted by atomic mass is 16.5. The van der Waals surface area contributed by atoms with E-state index in [1.54, 1.807) is 14.0 Å². The van der Waals surface area contributed by atoms with Crippen molar-refractivity contribution in [1.29, 1.82) is 0 Å². The second-order valence-corrected chi connectivity index (χ2v) is 5.10. The van der Waals surface area contributed by atoms with E-state index < -0.39 is 6.10 Å². The molecule has 116 valence electrons. The first-order valence-electron chi connectivity index (χ1n) is 7.23. The van der Waals surface area contributed by atoms with Gasteiger partial charge in [0, 0.05) is 12.1 Å². The van der Waals surface area contributed by atoms with Gasteiger partial charge >= 0.3 is 0 Å². The van der Waals surface area contributed by atoms with Crippen LogP contribution < -0.4 is 14.8 Å². The van der Waals surface area contributed by atoms with Gasteiger partial charge in [-0.2, -0.15) is 0 Å². The van der Waals surface area contributed by atoms with E-state index in [0.29, 0.717) is 12.3 Å². The zero-order chi connectivity index (χ0) is 15.9. The molecular weight excluding hydrogens is 278 g/mol. The third-order valence-corrected chi connectivity index (χ3v) is 3.35. The highest BCUT2D eigenvalue weighted by Crippen LogP contribution is 2.17. The minimum absolute atomic E-state index is 0.161. The number of para-hydroxylation sites is 1. The third-order valence-electron chi connectivity index (χ3n) is 3.35. The van der Waals surface area contributed by atoms with Gasteiger partial charge in [-0.25, -0.2) is 0 Å². The molecule has 22 heavy (non-hydrogen) atoms. The first-order chi connectivity index (χ1) is 10.6. The fraction of sp³-hybridized carbons (Fsp3) is 0.278. The molecule has 4 heteroatoms. The molecule has 1 amide bonds. The van der Waals surface area contributed by atoms with Crippen molar-refractivity contribution in [3.63, 3.8) is 0 Å². The summed E-state index contributed by atoms with van der Waals surface area (Å²) in [6.07, 6.45) is -0.558. The van der Waals surface area contributed by atoms with Crippen LogP contribution in [0.2, 0.25) is 0 Å². The van der Waals surface area contributed by atoms with Crippen molar-refractivity contribution < 1.29 is 14.3 Å². The van der Waals surface area contributed by atoms with E-state index in [9.17, 15) is 4.79 Å². The second-order valence-electron chi connectivity index (χ2n) is 5.10. The molecule has 0 aliphatic carbocycles. The summed E-state index contributed by atoms with van der Waals surface area (Å²) in [6.45, 7) is 4.15. The molecular formula is C18H21NO3. The maximum Gasteiger partial charge on any atom is 0.261 e. The number of rotatable bonds is 6. The van der Waals surface area contributed by atoms with E-state index >= 15 is 0 Å². The van der Waals surface area contributed by atoms with Gasteiger partial charge in [0.15, 0.2) is 6.10 Å². The zero-order valence-corrected chi connectivity index (χ0v) is 13.1. The summed E-state index contributed by atoms with van der Waals surface area (Å²) in [7, 11) is 1.61. The van der Waals surface area contributed by atoms with Gasteiger partial charge < -0.3 is 14.8 Å². The third kappa shape index (κ3) is 4.25. The Bertz CT molecular complexity index is 622. The summed E-state index contributed by atoms with van der Waals surface area (Å²) in [5.74, 6) is 1.28. The van der Waals surface area contributed by atoms with Crippen LogP contribution in [0.5, 0.6) is 11.5 Å². The summed E-state index contributed by atoms with van der Waals surface area (Å²) in [6, 6.07) is 15.2. The smallest absolute Gasteiger partial charge is 0.261 e. The van der Waals surface area contributed by atoms with E-state index in [0.717, 1.165) is 16.9 Å². The number of ether oxygens (including phenoxy) is 2. The number of benzene rings is 2. The Labute approximate surface area is 131 Å². The van der Waals surface area contributed by atoms with Gasteiger partial charge in [-0.3, -0.25) is 4.79 Å². The van der Waals surface area contributed by atoms with Crippen LogP contribution in [-0.2, 0) is 11.3 Å². The van der Waals surface area contributed by atoms with Crippen LogP contribution in [-0.4, -0.2) is 19.1 Å². The first-order valence-corrected chi connectivity index (χ1v) is 7.23. The Morgan fingerprint density at radius 1 is 1.14 bits per heavy atom. The molecule has 1 N–H and O–H groups in total. The lowest BCUT2D eigenvalue weighted by atomic mass is 10.2. The molecule has 0 spiro atoms. The topological polar surface area (TPSA) is 47.6 Å². The molecule has 0 aromatic heterocycles. The summed E-state index contributed by atoms with van der Waals surface area (Å²) in [5, 5.41) is 2.86. The minimum atomic E-state index is -0.558. The lowest BCUT2D eigenvalue weighted by Gasteiger charge is -2.15. The highest BCUT2D eigenvalue weighted by Gasteiger charge is 2.14. The van der Waals surface area contributed by atoms with E-state index in [1.165, 1.54) is 0 Å². The van der Waals surface area contributed by atoms with Crippen molar-refractivity contribution in [3.05, 3.63) is 59.7 Å². The lowest BCUT2D eigenvalue weighted by Crippen LogP contribution is -2.35. The fourth-order valence-corrected chi connectivity index (χ4v) is 2.05. The molecule has 0 radical (unpaired) electrons. The summed E-state index contributed by atoms with van der Waals surface area (Å²) in [4.78, 5) is 12.1. The number of hydrogen-bond acceptors (Lipinski definition) is 3.